The van der Waals surface area contributed by atoms with Gasteiger partial charge < -0.3 is 10.1 Å². The number of hydrogen-bond donors (Lipinski definition) is 1. The Labute approximate surface area is 120 Å². The van der Waals surface area contributed by atoms with Gasteiger partial charge in [-0.25, -0.2) is 0 Å². The van der Waals surface area contributed by atoms with Gasteiger partial charge in [-0.15, -0.1) is 0 Å². The second-order valence-corrected chi connectivity index (χ2v) is 5.78. The first kappa shape index (κ1) is 16.9. The van der Waals surface area contributed by atoms with Crippen LogP contribution < -0.4 is 5.32 Å². The highest BCUT2D eigenvalue weighted by atomic mass is 16.5. The first-order valence-corrected chi connectivity index (χ1v) is 8.32. The molecular formula is C16H34N2O. The van der Waals surface area contributed by atoms with Crippen molar-refractivity contribution in [3.63, 3.8) is 0 Å². The lowest BCUT2D eigenvalue weighted by Gasteiger charge is -2.38. The fourth-order valence-corrected chi connectivity index (χ4v) is 2.94. The van der Waals surface area contributed by atoms with Crippen LogP contribution in [0.4, 0.5) is 0 Å². The fourth-order valence-electron chi connectivity index (χ4n) is 2.94. The van der Waals surface area contributed by atoms with Crippen LogP contribution in [-0.4, -0.2) is 49.8 Å². The standard InChI is InChI=1S/C16H34N2O/c1-5-9-17-15(12-14(6-2)7-3)16-13-18(8-4)10-11-19-16/h14-17H,5-13H2,1-4H3. The first-order valence-electron chi connectivity index (χ1n) is 8.32. The van der Waals surface area contributed by atoms with Gasteiger partial charge >= 0.3 is 0 Å². The van der Waals surface area contributed by atoms with Gasteiger partial charge in [-0.1, -0.05) is 40.5 Å². The molecule has 1 saturated heterocycles. The maximum Gasteiger partial charge on any atom is 0.0855 e. The largest absolute Gasteiger partial charge is 0.374 e. The van der Waals surface area contributed by atoms with Crippen LogP contribution in [0, 0.1) is 5.92 Å². The summed E-state index contributed by atoms with van der Waals surface area (Å²) in [5.41, 5.74) is 0. The van der Waals surface area contributed by atoms with Crippen LogP contribution in [-0.2, 0) is 4.74 Å². The molecule has 0 amide bonds. The Balaban J connectivity index is 2.55. The van der Waals surface area contributed by atoms with Crippen molar-refractivity contribution in [3.05, 3.63) is 0 Å². The van der Waals surface area contributed by atoms with Crippen LogP contribution in [0.2, 0.25) is 0 Å². The summed E-state index contributed by atoms with van der Waals surface area (Å²) in [4.78, 5) is 2.52. The summed E-state index contributed by atoms with van der Waals surface area (Å²) >= 11 is 0. The van der Waals surface area contributed by atoms with Gasteiger partial charge in [-0.05, 0) is 31.8 Å². The van der Waals surface area contributed by atoms with E-state index in [0.29, 0.717) is 12.1 Å². The molecule has 2 atom stereocenters. The van der Waals surface area contributed by atoms with Gasteiger partial charge in [0.2, 0.25) is 0 Å². The second-order valence-electron chi connectivity index (χ2n) is 5.78. The van der Waals surface area contributed by atoms with Crippen molar-refractivity contribution in [3.8, 4) is 0 Å². The van der Waals surface area contributed by atoms with Crippen molar-refractivity contribution in [2.75, 3.05) is 32.8 Å². The SMILES string of the molecule is CCCNC(CC(CC)CC)C1CN(CC)CCO1. The van der Waals surface area contributed by atoms with E-state index in [1.165, 1.54) is 25.7 Å². The lowest BCUT2D eigenvalue weighted by molar-refractivity contribution is -0.0486. The van der Waals surface area contributed by atoms with Gasteiger partial charge in [-0.3, -0.25) is 4.90 Å². The highest BCUT2D eigenvalue weighted by Crippen LogP contribution is 2.20. The van der Waals surface area contributed by atoms with E-state index >= 15 is 0 Å². The van der Waals surface area contributed by atoms with Crippen molar-refractivity contribution < 1.29 is 4.74 Å². The quantitative estimate of drug-likeness (QED) is 0.697. The van der Waals surface area contributed by atoms with Gasteiger partial charge in [0.25, 0.3) is 0 Å². The molecule has 0 aromatic carbocycles. The summed E-state index contributed by atoms with van der Waals surface area (Å²) in [5, 5.41) is 3.73. The number of ether oxygens (including phenoxy) is 1. The predicted octanol–water partition coefficient (Wildman–Crippen LogP) is 2.90. The summed E-state index contributed by atoms with van der Waals surface area (Å²) in [7, 11) is 0. The van der Waals surface area contributed by atoms with E-state index in [-0.39, 0.29) is 0 Å². The molecule has 2 unspecified atom stereocenters. The van der Waals surface area contributed by atoms with Gasteiger partial charge in [0, 0.05) is 19.1 Å². The van der Waals surface area contributed by atoms with E-state index in [1.807, 2.05) is 0 Å². The van der Waals surface area contributed by atoms with Crippen LogP contribution in [0.25, 0.3) is 0 Å². The molecule has 0 bridgehead atoms. The predicted molar refractivity (Wildman–Crippen MR) is 82.6 cm³/mol. The third-order valence-corrected chi connectivity index (χ3v) is 4.47. The van der Waals surface area contributed by atoms with E-state index in [0.717, 1.165) is 38.7 Å². The minimum absolute atomic E-state index is 0.376. The van der Waals surface area contributed by atoms with Crippen molar-refractivity contribution >= 4 is 0 Å². The number of rotatable bonds is 9. The molecule has 3 heteroatoms. The Kier molecular flexibility index (Phi) is 8.67. The number of likely N-dealkylation sites (N-methyl/N-ethyl adjacent to an activating group) is 1. The molecule has 19 heavy (non-hydrogen) atoms. The maximum atomic E-state index is 6.05. The first-order chi connectivity index (χ1) is 9.24. The lowest BCUT2D eigenvalue weighted by atomic mass is 9.91. The van der Waals surface area contributed by atoms with E-state index in [4.69, 9.17) is 4.74 Å². The Bertz CT molecular complexity index is 219. The van der Waals surface area contributed by atoms with E-state index in [9.17, 15) is 0 Å². The summed E-state index contributed by atoms with van der Waals surface area (Å²) in [6.07, 6.45) is 5.40. The summed E-state index contributed by atoms with van der Waals surface area (Å²) < 4.78 is 6.05. The van der Waals surface area contributed by atoms with Crippen LogP contribution in [0.15, 0.2) is 0 Å². The smallest absolute Gasteiger partial charge is 0.0855 e. The van der Waals surface area contributed by atoms with Gasteiger partial charge in [0.15, 0.2) is 0 Å². The van der Waals surface area contributed by atoms with Crippen molar-refractivity contribution in [1.82, 2.24) is 10.2 Å². The molecule has 1 aliphatic heterocycles. The molecule has 1 rings (SSSR count). The molecular weight excluding hydrogens is 236 g/mol. The third kappa shape index (κ3) is 5.80. The molecule has 3 nitrogen and oxygen atoms in total. The van der Waals surface area contributed by atoms with Crippen LogP contribution in [0.3, 0.4) is 0 Å². The fraction of sp³-hybridized carbons (Fsp3) is 1.00. The molecule has 0 radical (unpaired) electrons. The van der Waals surface area contributed by atoms with Gasteiger partial charge in [0.1, 0.15) is 0 Å². The van der Waals surface area contributed by atoms with Crippen molar-refractivity contribution in [2.45, 2.75) is 65.5 Å². The third-order valence-electron chi connectivity index (χ3n) is 4.47. The zero-order valence-corrected chi connectivity index (χ0v) is 13.5. The monoisotopic (exact) mass is 270 g/mol. The van der Waals surface area contributed by atoms with E-state index in [2.05, 4.69) is 37.9 Å². The number of hydrogen-bond acceptors (Lipinski definition) is 3. The zero-order valence-electron chi connectivity index (χ0n) is 13.5. The van der Waals surface area contributed by atoms with Gasteiger partial charge in [-0.2, -0.15) is 0 Å². The average molecular weight is 270 g/mol. The highest BCUT2D eigenvalue weighted by Gasteiger charge is 2.28. The molecule has 1 N–H and O–H groups in total. The van der Waals surface area contributed by atoms with E-state index in [1.54, 1.807) is 0 Å². The van der Waals surface area contributed by atoms with Crippen molar-refractivity contribution in [2.24, 2.45) is 5.92 Å². The minimum atomic E-state index is 0.376. The van der Waals surface area contributed by atoms with E-state index < -0.39 is 0 Å². The highest BCUT2D eigenvalue weighted by molar-refractivity contribution is 4.84. The second kappa shape index (κ2) is 9.73. The van der Waals surface area contributed by atoms with Gasteiger partial charge in [0.05, 0.1) is 12.7 Å². The molecule has 0 aromatic heterocycles. The lowest BCUT2D eigenvalue weighted by Crippen LogP contribution is -2.52. The average Bonchev–Trinajstić information content (AvgIpc) is 2.47. The molecule has 114 valence electrons. The Morgan fingerprint density at radius 2 is 1.95 bits per heavy atom. The molecule has 0 aliphatic carbocycles. The Hall–Kier alpha value is -0.120. The van der Waals surface area contributed by atoms with Crippen molar-refractivity contribution in [1.29, 1.82) is 0 Å². The molecule has 0 spiro atoms. The molecule has 1 aliphatic rings. The summed E-state index contributed by atoms with van der Waals surface area (Å²) in [6, 6.07) is 0.527. The van der Waals surface area contributed by atoms with Crippen LogP contribution >= 0.6 is 0 Å². The zero-order chi connectivity index (χ0) is 14.1. The minimum Gasteiger partial charge on any atom is -0.374 e. The van der Waals surface area contributed by atoms with Crippen LogP contribution in [0.5, 0.6) is 0 Å². The molecule has 1 heterocycles. The summed E-state index contributed by atoms with van der Waals surface area (Å²) in [6.45, 7) is 14.4. The topological polar surface area (TPSA) is 24.5 Å². The summed E-state index contributed by atoms with van der Waals surface area (Å²) in [5.74, 6) is 0.829. The number of nitrogens with one attached hydrogen (secondary N) is 1. The maximum absolute atomic E-state index is 6.05. The Morgan fingerprint density at radius 3 is 2.53 bits per heavy atom. The molecule has 0 aromatic rings. The van der Waals surface area contributed by atoms with Crippen LogP contribution in [0.1, 0.15) is 53.4 Å². The normalized spacial score (nSPS) is 22.9. The number of nitrogens with zero attached hydrogens (tertiary/aromatic N) is 1. The Morgan fingerprint density at radius 1 is 1.21 bits per heavy atom. The molecule has 0 saturated carbocycles. The molecule has 1 fully saturated rings. The number of morpholine rings is 1.